The maximum atomic E-state index is 13.3. The van der Waals surface area contributed by atoms with Crippen LogP contribution in [0.3, 0.4) is 0 Å². The van der Waals surface area contributed by atoms with Gasteiger partial charge in [-0.15, -0.1) is 0 Å². The Morgan fingerprint density at radius 1 is 1.08 bits per heavy atom. The van der Waals surface area contributed by atoms with Gasteiger partial charge in [0.25, 0.3) is 5.91 Å². The van der Waals surface area contributed by atoms with Gasteiger partial charge in [-0.25, -0.2) is 4.79 Å². The van der Waals surface area contributed by atoms with E-state index in [-0.39, 0.29) is 17.6 Å². The maximum absolute atomic E-state index is 13.3. The lowest BCUT2D eigenvalue weighted by atomic mass is 9.75. The van der Waals surface area contributed by atoms with E-state index in [4.69, 9.17) is 4.74 Å². The molecule has 206 valence electrons. The second kappa shape index (κ2) is 12.2. The van der Waals surface area contributed by atoms with Crippen LogP contribution in [0.4, 0.5) is 4.79 Å². The number of hydrogen-bond acceptors (Lipinski definition) is 4. The number of aryl methyl sites for hydroxylation is 2. The van der Waals surface area contributed by atoms with Crippen molar-refractivity contribution in [3.05, 3.63) is 34.9 Å². The van der Waals surface area contributed by atoms with Crippen molar-refractivity contribution in [2.75, 3.05) is 39.3 Å². The minimum atomic E-state index is -0.298. The van der Waals surface area contributed by atoms with Crippen LogP contribution in [0.2, 0.25) is 0 Å². The third-order valence-electron chi connectivity index (χ3n) is 9.48. The number of unbranched alkanes of at least 4 members (excludes halogenated alkanes) is 1. The molecule has 3 aliphatic heterocycles. The van der Waals surface area contributed by atoms with Gasteiger partial charge in [-0.3, -0.25) is 9.69 Å². The third-order valence-corrected chi connectivity index (χ3v) is 9.48. The molecule has 37 heavy (non-hydrogen) atoms. The van der Waals surface area contributed by atoms with Crippen LogP contribution in [-0.2, 0) is 4.74 Å². The highest BCUT2D eigenvalue weighted by Crippen LogP contribution is 2.41. The zero-order valence-corrected chi connectivity index (χ0v) is 23.9. The van der Waals surface area contributed by atoms with E-state index in [1.165, 1.54) is 12.8 Å². The Hall–Kier alpha value is -2.08. The second-order valence-electron chi connectivity index (χ2n) is 12.0. The third kappa shape index (κ3) is 6.16. The summed E-state index contributed by atoms with van der Waals surface area (Å²) in [5.41, 5.74) is 2.71. The van der Waals surface area contributed by atoms with Gasteiger partial charge in [0.15, 0.2) is 0 Å². The molecule has 0 saturated carbocycles. The highest BCUT2D eigenvalue weighted by Gasteiger charge is 2.50. The summed E-state index contributed by atoms with van der Waals surface area (Å²) in [6.45, 7) is 16.0. The van der Waals surface area contributed by atoms with Crippen LogP contribution >= 0.6 is 0 Å². The number of carbonyl (C=O) groups is 2. The van der Waals surface area contributed by atoms with Crippen LogP contribution in [0.25, 0.3) is 0 Å². The van der Waals surface area contributed by atoms with Gasteiger partial charge in [-0.1, -0.05) is 58.2 Å². The molecule has 0 aromatic heterocycles. The summed E-state index contributed by atoms with van der Waals surface area (Å²) >= 11 is 0. The Balaban J connectivity index is 1.34. The maximum Gasteiger partial charge on any atom is 0.410 e. The average molecular weight is 512 g/mol. The van der Waals surface area contributed by atoms with Crippen LogP contribution in [0, 0.1) is 25.7 Å². The summed E-state index contributed by atoms with van der Waals surface area (Å²) in [7, 11) is 0. The molecule has 0 bridgehead atoms. The number of ether oxygens (including phenoxy) is 1. The molecule has 2 atom stereocenters. The fourth-order valence-corrected chi connectivity index (χ4v) is 6.81. The lowest BCUT2D eigenvalue weighted by Crippen LogP contribution is -2.61. The number of likely N-dealkylation sites (tertiary alicyclic amines) is 2. The normalized spacial score (nSPS) is 23.8. The molecule has 2 amide bonds. The van der Waals surface area contributed by atoms with Crippen LogP contribution < -0.4 is 0 Å². The van der Waals surface area contributed by atoms with Crippen molar-refractivity contribution in [2.24, 2.45) is 11.8 Å². The van der Waals surface area contributed by atoms with Gasteiger partial charge in [0.05, 0.1) is 0 Å². The Labute approximate surface area is 224 Å². The number of carbonyl (C=O) groups excluding carboxylic acids is 2. The van der Waals surface area contributed by atoms with Crippen molar-refractivity contribution in [2.45, 2.75) is 97.6 Å². The number of nitrogens with zero attached hydrogens (tertiary/aromatic N) is 3. The first-order chi connectivity index (χ1) is 17.8. The summed E-state index contributed by atoms with van der Waals surface area (Å²) in [6, 6.07) is 6.60. The van der Waals surface area contributed by atoms with E-state index in [1.54, 1.807) is 0 Å². The van der Waals surface area contributed by atoms with E-state index in [1.807, 2.05) is 41.8 Å². The lowest BCUT2D eigenvalue weighted by Gasteiger charge is -2.52. The highest BCUT2D eigenvalue weighted by molar-refractivity contribution is 5.97. The van der Waals surface area contributed by atoms with Gasteiger partial charge in [0.1, 0.15) is 5.60 Å². The molecule has 3 fully saturated rings. The molecule has 6 heteroatoms. The molecule has 1 aromatic rings. The van der Waals surface area contributed by atoms with E-state index >= 15 is 0 Å². The van der Waals surface area contributed by atoms with E-state index in [9.17, 15) is 9.59 Å². The van der Waals surface area contributed by atoms with Crippen LogP contribution in [0.1, 0.15) is 93.6 Å². The molecule has 3 saturated heterocycles. The van der Waals surface area contributed by atoms with Crippen molar-refractivity contribution in [3.8, 4) is 0 Å². The van der Waals surface area contributed by atoms with Gasteiger partial charge >= 0.3 is 6.09 Å². The van der Waals surface area contributed by atoms with Crippen LogP contribution in [0.5, 0.6) is 0 Å². The fraction of sp³-hybridized carbons (Fsp3) is 0.742. The summed E-state index contributed by atoms with van der Waals surface area (Å²) in [5, 5.41) is 0. The van der Waals surface area contributed by atoms with Crippen molar-refractivity contribution in [1.29, 1.82) is 0 Å². The lowest BCUT2D eigenvalue weighted by molar-refractivity contribution is -0.127. The van der Waals surface area contributed by atoms with Crippen molar-refractivity contribution in [3.63, 3.8) is 0 Å². The molecule has 1 spiro atoms. The summed E-state index contributed by atoms with van der Waals surface area (Å²) < 4.78 is 6.35. The SMILES string of the molecule is CCCC[C@H]1CN(CC(C)CC)C(=O)OC12CCN(C1CCN(C(=O)c3c(C)cccc3C)CC1)CC2. The second-order valence-corrected chi connectivity index (χ2v) is 12.0. The zero-order valence-electron chi connectivity index (χ0n) is 23.9. The molecule has 1 unspecified atom stereocenters. The number of rotatable bonds is 8. The van der Waals surface area contributed by atoms with E-state index < -0.39 is 0 Å². The Morgan fingerprint density at radius 2 is 1.73 bits per heavy atom. The Kier molecular flexibility index (Phi) is 9.20. The monoisotopic (exact) mass is 511 g/mol. The minimum absolute atomic E-state index is 0.0974. The van der Waals surface area contributed by atoms with Crippen molar-refractivity contribution in [1.82, 2.24) is 14.7 Å². The molecule has 4 rings (SSSR count). The minimum Gasteiger partial charge on any atom is -0.442 e. The van der Waals surface area contributed by atoms with Crippen molar-refractivity contribution >= 4 is 12.0 Å². The number of piperidine rings is 2. The highest BCUT2D eigenvalue weighted by atomic mass is 16.6. The van der Waals surface area contributed by atoms with Gasteiger partial charge in [-0.05, 0) is 50.2 Å². The van der Waals surface area contributed by atoms with Crippen molar-refractivity contribution < 1.29 is 14.3 Å². The van der Waals surface area contributed by atoms with Crippen LogP contribution in [-0.4, -0.2) is 77.6 Å². The smallest absolute Gasteiger partial charge is 0.410 e. The predicted molar refractivity (Wildman–Crippen MR) is 149 cm³/mol. The summed E-state index contributed by atoms with van der Waals surface area (Å²) in [4.78, 5) is 32.9. The summed E-state index contributed by atoms with van der Waals surface area (Å²) in [5.74, 6) is 1.11. The van der Waals surface area contributed by atoms with E-state index in [2.05, 4.69) is 25.7 Å². The number of benzene rings is 1. The van der Waals surface area contributed by atoms with Gasteiger partial charge in [-0.2, -0.15) is 0 Å². The molecule has 0 N–H and O–H groups in total. The fourth-order valence-electron chi connectivity index (χ4n) is 6.81. The molecule has 3 aliphatic rings. The topological polar surface area (TPSA) is 53.1 Å². The largest absolute Gasteiger partial charge is 0.442 e. The van der Waals surface area contributed by atoms with E-state index in [0.717, 1.165) is 94.5 Å². The van der Waals surface area contributed by atoms with Gasteiger partial charge in [0, 0.05) is 69.6 Å². The predicted octanol–water partition coefficient (Wildman–Crippen LogP) is 6.05. The molecule has 6 nitrogen and oxygen atoms in total. The molecular weight excluding hydrogens is 462 g/mol. The van der Waals surface area contributed by atoms with Gasteiger partial charge < -0.3 is 14.5 Å². The standard InChI is InChI=1S/C31H49N3O3/c1-6-8-12-26-22-34(21-23(3)7-2)30(36)37-31(26)15-19-32(20-16-31)27-13-17-33(18-14-27)29(35)28-24(4)10-9-11-25(28)5/h9-11,23,26-27H,6-8,12-22H2,1-5H3/t23?,26-/m0/s1. The molecule has 0 aliphatic carbocycles. The first kappa shape index (κ1) is 27.9. The molecule has 0 radical (unpaired) electrons. The Bertz CT molecular complexity index is 911. The Morgan fingerprint density at radius 3 is 2.32 bits per heavy atom. The molecule has 1 aromatic carbocycles. The van der Waals surface area contributed by atoms with E-state index in [0.29, 0.717) is 17.9 Å². The first-order valence-corrected chi connectivity index (χ1v) is 14.9. The number of hydrogen-bond donors (Lipinski definition) is 0. The molecular formula is C31H49N3O3. The quantitative estimate of drug-likeness (QED) is 0.427. The first-order valence-electron chi connectivity index (χ1n) is 14.9. The zero-order chi connectivity index (χ0) is 26.6. The number of amides is 2. The van der Waals surface area contributed by atoms with Gasteiger partial charge in [0.2, 0.25) is 0 Å². The molecule has 3 heterocycles. The van der Waals surface area contributed by atoms with Crippen LogP contribution in [0.15, 0.2) is 18.2 Å². The summed E-state index contributed by atoms with van der Waals surface area (Å²) in [6.07, 6.45) is 8.40. The average Bonchev–Trinajstić information content (AvgIpc) is 2.90.